The number of pyridine rings is 1. The Balaban J connectivity index is 2.57. The zero-order chi connectivity index (χ0) is 13.2. The molecule has 1 N–H and O–H groups in total. The molecule has 1 heterocycles. The molecule has 0 bridgehead atoms. The fraction of sp³-hybridized carbons (Fsp3) is 0.643. The molecular formula is C14H24N2O2. The van der Waals surface area contributed by atoms with Crippen molar-refractivity contribution in [3.05, 3.63) is 29.6 Å². The molecule has 0 aliphatic rings. The smallest absolute Gasteiger partial charge is 0.0701 e. The van der Waals surface area contributed by atoms with Gasteiger partial charge in [0.1, 0.15) is 0 Å². The van der Waals surface area contributed by atoms with E-state index in [1.807, 2.05) is 18.5 Å². The maximum atomic E-state index is 5.63. The predicted octanol–water partition coefficient (Wildman–Crippen LogP) is 2.09. The van der Waals surface area contributed by atoms with Crippen LogP contribution < -0.4 is 5.32 Å². The molecule has 0 fully saturated rings. The van der Waals surface area contributed by atoms with Gasteiger partial charge < -0.3 is 14.8 Å². The standard InChI is InChI=1S/C14H24N2O2/c1-4-6-16-14(11-18-9-8-17-3)13-10-15-7-5-12(13)2/h5,7,10,14,16H,4,6,8-9,11H2,1-3H3. The summed E-state index contributed by atoms with van der Waals surface area (Å²) in [5.41, 5.74) is 2.46. The number of nitrogens with zero attached hydrogens (tertiary/aromatic N) is 1. The minimum atomic E-state index is 0.204. The van der Waals surface area contributed by atoms with Crippen LogP contribution in [-0.2, 0) is 9.47 Å². The Morgan fingerprint density at radius 1 is 1.39 bits per heavy atom. The molecule has 1 aromatic rings. The number of aromatic nitrogens is 1. The predicted molar refractivity (Wildman–Crippen MR) is 72.7 cm³/mol. The van der Waals surface area contributed by atoms with Crippen molar-refractivity contribution in [1.29, 1.82) is 0 Å². The molecule has 0 saturated heterocycles. The van der Waals surface area contributed by atoms with Crippen molar-refractivity contribution in [3.63, 3.8) is 0 Å². The molecule has 0 aliphatic heterocycles. The van der Waals surface area contributed by atoms with Gasteiger partial charge in [-0.3, -0.25) is 4.98 Å². The second-order valence-corrected chi connectivity index (χ2v) is 4.31. The summed E-state index contributed by atoms with van der Waals surface area (Å²) >= 11 is 0. The van der Waals surface area contributed by atoms with Crippen LogP contribution in [-0.4, -0.2) is 38.5 Å². The van der Waals surface area contributed by atoms with Crippen molar-refractivity contribution >= 4 is 0 Å². The number of hydrogen-bond acceptors (Lipinski definition) is 4. The number of methoxy groups -OCH3 is 1. The van der Waals surface area contributed by atoms with E-state index in [9.17, 15) is 0 Å². The van der Waals surface area contributed by atoms with E-state index < -0.39 is 0 Å². The number of aryl methyl sites for hydroxylation is 1. The highest BCUT2D eigenvalue weighted by molar-refractivity contribution is 5.25. The summed E-state index contributed by atoms with van der Waals surface area (Å²) in [6.07, 6.45) is 4.84. The summed E-state index contributed by atoms with van der Waals surface area (Å²) in [6.45, 7) is 7.15. The van der Waals surface area contributed by atoms with Gasteiger partial charge in [-0.2, -0.15) is 0 Å². The van der Waals surface area contributed by atoms with E-state index in [0.717, 1.165) is 13.0 Å². The SMILES string of the molecule is CCCNC(COCCOC)c1cnccc1C. The van der Waals surface area contributed by atoms with Crippen LogP contribution in [0, 0.1) is 6.92 Å². The highest BCUT2D eigenvalue weighted by atomic mass is 16.5. The van der Waals surface area contributed by atoms with E-state index in [-0.39, 0.29) is 6.04 Å². The molecule has 0 amide bonds. The lowest BCUT2D eigenvalue weighted by Gasteiger charge is -2.20. The minimum absolute atomic E-state index is 0.204. The van der Waals surface area contributed by atoms with Gasteiger partial charge in [0.2, 0.25) is 0 Å². The number of rotatable bonds is 9. The maximum Gasteiger partial charge on any atom is 0.0701 e. The minimum Gasteiger partial charge on any atom is -0.382 e. The highest BCUT2D eigenvalue weighted by Gasteiger charge is 2.13. The normalized spacial score (nSPS) is 12.6. The summed E-state index contributed by atoms with van der Waals surface area (Å²) < 4.78 is 10.6. The molecule has 1 atom stereocenters. The van der Waals surface area contributed by atoms with Crippen molar-refractivity contribution in [1.82, 2.24) is 10.3 Å². The fourth-order valence-corrected chi connectivity index (χ4v) is 1.76. The first-order chi connectivity index (χ1) is 8.79. The quantitative estimate of drug-likeness (QED) is 0.683. The number of ether oxygens (including phenoxy) is 2. The van der Waals surface area contributed by atoms with Crippen LogP contribution in [0.25, 0.3) is 0 Å². The van der Waals surface area contributed by atoms with Gasteiger partial charge >= 0.3 is 0 Å². The van der Waals surface area contributed by atoms with Crippen molar-refractivity contribution in [2.45, 2.75) is 26.3 Å². The Labute approximate surface area is 110 Å². The van der Waals surface area contributed by atoms with Crippen molar-refractivity contribution in [3.8, 4) is 0 Å². The molecule has 1 aromatic heterocycles. The average molecular weight is 252 g/mol. The molecule has 0 saturated carbocycles. The molecule has 0 radical (unpaired) electrons. The molecule has 4 heteroatoms. The highest BCUT2D eigenvalue weighted by Crippen LogP contribution is 2.16. The summed E-state index contributed by atoms with van der Waals surface area (Å²) in [5.74, 6) is 0. The summed E-state index contributed by atoms with van der Waals surface area (Å²) in [5, 5.41) is 3.50. The van der Waals surface area contributed by atoms with Gasteiger partial charge in [-0.15, -0.1) is 0 Å². The summed E-state index contributed by atoms with van der Waals surface area (Å²) in [7, 11) is 1.68. The second kappa shape index (κ2) is 9.03. The van der Waals surface area contributed by atoms with Gasteiger partial charge in [0.15, 0.2) is 0 Å². The van der Waals surface area contributed by atoms with Crippen molar-refractivity contribution in [2.75, 3.05) is 33.5 Å². The van der Waals surface area contributed by atoms with E-state index in [2.05, 4.69) is 24.1 Å². The molecule has 18 heavy (non-hydrogen) atoms. The third kappa shape index (κ3) is 5.12. The molecule has 0 spiro atoms. The van der Waals surface area contributed by atoms with Gasteiger partial charge in [0.25, 0.3) is 0 Å². The maximum absolute atomic E-state index is 5.63. The Morgan fingerprint density at radius 3 is 2.89 bits per heavy atom. The Morgan fingerprint density at radius 2 is 2.22 bits per heavy atom. The van der Waals surface area contributed by atoms with Crippen molar-refractivity contribution < 1.29 is 9.47 Å². The summed E-state index contributed by atoms with van der Waals surface area (Å²) in [4.78, 5) is 4.20. The van der Waals surface area contributed by atoms with Gasteiger partial charge in [-0.1, -0.05) is 6.92 Å². The molecule has 0 aromatic carbocycles. The van der Waals surface area contributed by atoms with Gasteiger partial charge in [-0.25, -0.2) is 0 Å². The van der Waals surface area contributed by atoms with E-state index in [4.69, 9.17) is 9.47 Å². The third-order valence-corrected chi connectivity index (χ3v) is 2.81. The van der Waals surface area contributed by atoms with Crippen LogP contribution in [0.15, 0.2) is 18.5 Å². The first-order valence-electron chi connectivity index (χ1n) is 6.50. The Bertz CT molecular complexity index is 331. The second-order valence-electron chi connectivity index (χ2n) is 4.31. The molecule has 4 nitrogen and oxygen atoms in total. The number of nitrogens with one attached hydrogen (secondary N) is 1. The zero-order valence-corrected chi connectivity index (χ0v) is 11.6. The average Bonchev–Trinajstić information content (AvgIpc) is 2.39. The van der Waals surface area contributed by atoms with Gasteiger partial charge in [0.05, 0.1) is 25.9 Å². The van der Waals surface area contributed by atoms with Crippen LogP contribution in [0.1, 0.15) is 30.5 Å². The van der Waals surface area contributed by atoms with Gasteiger partial charge in [-0.05, 0) is 37.1 Å². The lowest BCUT2D eigenvalue weighted by molar-refractivity contribution is 0.0584. The van der Waals surface area contributed by atoms with E-state index in [1.54, 1.807) is 7.11 Å². The Hall–Kier alpha value is -0.970. The third-order valence-electron chi connectivity index (χ3n) is 2.81. The first kappa shape index (κ1) is 15.1. The lowest BCUT2D eigenvalue weighted by atomic mass is 10.0. The lowest BCUT2D eigenvalue weighted by Crippen LogP contribution is -2.27. The fourth-order valence-electron chi connectivity index (χ4n) is 1.76. The zero-order valence-electron chi connectivity index (χ0n) is 11.6. The van der Waals surface area contributed by atoms with Crippen LogP contribution in [0.3, 0.4) is 0 Å². The molecule has 102 valence electrons. The van der Waals surface area contributed by atoms with Crippen molar-refractivity contribution in [2.24, 2.45) is 0 Å². The summed E-state index contributed by atoms with van der Waals surface area (Å²) in [6, 6.07) is 2.24. The van der Waals surface area contributed by atoms with Gasteiger partial charge in [0, 0.05) is 19.5 Å². The first-order valence-corrected chi connectivity index (χ1v) is 6.50. The molecule has 1 unspecified atom stereocenters. The largest absolute Gasteiger partial charge is 0.382 e. The monoisotopic (exact) mass is 252 g/mol. The van der Waals surface area contributed by atoms with E-state index in [0.29, 0.717) is 19.8 Å². The van der Waals surface area contributed by atoms with E-state index >= 15 is 0 Å². The van der Waals surface area contributed by atoms with E-state index in [1.165, 1.54) is 11.1 Å². The van der Waals surface area contributed by atoms with Crippen LogP contribution in [0.2, 0.25) is 0 Å². The molecular weight excluding hydrogens is 228 g/mol. The van der Waals surface area contributed by atoms with Crippen LogP contribution in [0.5, 0.6) is 0 Å². The Kier molecular flexibility index (Phi) is 7.57. The molecule has 1 rings (SSSR count). The van der Waals surface area contributed by atoms with Crippen LogP contribution >= 0.6 is 0 Å². The number of hydrogen-bond donors (Lipinski definition) is 1. The topological polar surface area (TPSA) is 43.4 Å². The molecule has 0 aliphatic carbocycles. The van der Waals surface area contributed by atoms with Crippen LogP contribution in [0.4, 0.5) is 0 Å².